The molecule has 0 N–H and O–H groups in total. The fourth-order valence-corrected chi connectivity index (χ4v) is 0. The van der Waals surface area contributed by atoms with E-state index in [9.17, 15) is 0 Å². The summed E-state index contributed by atoms with van der Waals surface area (Å²) >= 11 is 0. The van der Waals surface area contributed by atoms with Gasteiger partial charge in [-0.1, -0.05) is 20.5 Å². The van der Waals surface area contributed by atoms with Crippen molar-refractivity contribution in [2.45, 2.75) is 20.5 Å². The molecule has 0 atom stereocenters. The molecule has 0 heterocycles. The standard InChI is InChI=1S/C3H9B3/c1-5(2)6(3)4/h1-3H3. The van der Waals surface area contributed by atoms with Crippen LogP contribution in [0.25, 0.3) is 0 Å². The van der Waals surface area contributed by atoms with Crippen LogP contribution in [0.15, 0.2) is 0 Å². The second-order valence-corrected chi connectivity index (χ2v) is 2.10. The molecule has 30 valence electrons. The average Bonchev–Trinajstić information content (AvgIpc) is 1.36. The molecule has 0 rings (SSSR count). The fraction of sp³-hybridized carbons (Fsp3) is 1.00. The van der Waals surface area contributed by atoms with E-state index in [4.69, 9.17) is 7.74 Å². The largest absolute Gasteiger partial charge is 0.1000 e. The smallest absolute Gasteiger partial charge is 0.0923 e. The minimum Gasteiger partial charge on any atom is -0.1000 e. The van der Waals surface area contributed by atoms with Crippen molar-refractivity contribution in [3.05, 3.63) is 0 Å². The Morgan fingerprint density at radius 2 is 1.33 bits per heavy atom. The molecule has 6 heavy (non-hydrogen) atoms. The van der Waals surface area contributed by atoms with Gasteiger partial charge in [-0.15, -0.1) is 0 Å². The third-order valence-electron chi connectivity index (χ3n) is 1.05. The molecule has 0 fully saturated rings. The quantitative estimate of drug-likeness (QED) is 0.402. The highest BCUT2D eigenvalue weighted by atomic mass is 13.3. The summed E-state index contributed by atoms with van der Waals surface area (Å²) < 4.78 is 0. The molecule has 0 spiro atoms. The van der Waals surface area contributed by atoms with E-state index in [0.29, 0.717) is 13.1 Å². The summed E-state index contributed by atoms with van der Waals surface area (Å²) in [4.78, 5) is 0. The first-order valence-corrected chi connectivity index (χ1v) is 2.40. The summed E-state index contributed by atoms with van der Waals surface area (Å²) in [6, 6.07) is 0. The lowest BCUT2D eigenvalue weighted by Crippen LogP contribution is -2.26. The van der Waals surface area contributed by atoms with E-state index in [1.54, 1.807) is 0 Å². The predicted molar refractivity (Wildman–Crippen MR) is 34.9 cm³/mol. The van der Waals surface area contributed by atoms with Crippen molar-refractivity contribution in [1.82, 2.24) is 0 Å². The molecule has 2 radical (unpaired) electrons. The number of hydrogen-bond donors (Lipinski definition) is 0. The summed E-state index contributed by atoms with van der Waals surface area (Å²) in [7, 11) is 5.44. The van der Waals surface area contributed by atoms with Crippen LogP contribution in [0.4, 0.5) is 0 Å². The van der Waals surface area contributed by atoms with Gasteiger partial charge in [-0.05, 0) is 0 Å². The van der Waals surface area contributed by atoms with Crippen molar-refractivity contribution < 1.29 is 0 Å². The van der Waals surface area contributed by atoms with E-state index in [1.807, 2.05) is 6.82 Å². The summed E-state index contributed by atoms with van der Waals surface area (Å²) in [5.74, 6) is 0. The van der Waals surface area contributed by atoms with Crippen molar-refractivity contribution in [1.29, 1.82) is 0 Å². The van der Waals surface area contributed by atoms with Gasteiger partial charge < -0.3 is 0 Å². The molecular formula is C3H9B3. The van der Waals surface area contributed by atoms with Crippen molar-refractivity contribution in [3.8, 4) is 0 Å². The van der Waals surface area contributed by atoms with Gasteiger partial charge in [-0.25, -0.2) is 0 Å². The monoisotopic (exact) mass is 78.1 g/mol. The first-order chi connectivity index (χ1) is 2.64. The lowest BCUT2D eigenvalue weighted by molar-refractivity contribution is 2.06. The van der Waals surface area contributed by atoms with E-state index in [1.165, 1.54) is 0 Å². The van der Waals surface area contributed by atoms with E-state index < -0.39 is 0 Å². The van der Waals surface area contributed by atoms with Crippen LogP contribution in [-0.4, -0.2) is 20.8 Å². The van der Waals surface area contributed by atoms with Crippen LogP contribution >= 0.6 is 0 Å². The molecule has 0 saturated heterocycles. The van der Waals surface area contributed by atoms with Gasteiger partial charge >= 0.3 is 0 Å². The van der Waals surface area contributed by atoms with Gasteiger partial charge in [-0.3, -0.25) is 0 Å². The molecule has 0 aliphatic heterocycles. The van der Waals surface area contributed by atoms with E-state index in [-0.39, 0.29) is 0 Å². The fourth-order valence-electron chi connectivity index (χ4n) is 0. The molecule has 0 unspecified atom stereocenters. The maximum Gasteiger partial charge on any atom is 0.0923 e. The van der Waals surface area contributed by atoms with Gasteiger partial charge in [0.1, 0.15) is 0 Å². The molecular weight excluding hydrogens is 68.5 g/mol. The molecule has 0 aliphatic rings. The third kappa shape index (κ3) is 2.43. The zero-order valence-corrected chi connectivity index (χ0v) is 4.73. The molecule has 0 aliphatic carbocycles. The minimum atomic E-state index is 0.352. The Hall–Kier alpha value is 0.195. The topological polar surface area (TPSA) is 0 Å². The van der Waals surface area contributed by atoms with Gasteiger partial charge in [-0.2, -0.15) is 0 Å². The van der Waals surface area contributed by atoms with Crippen LogP contribution in [-0.2, 0) is 0 Å². The van der Waals surface area contributed by atoms with Gasteiger partial charge in [0.25, 0.3) is 0 Å². The minimum absolute atomic E-state index is 0.352. The van der Waals surface area contributed by atoms with Crippen LogP contribution in [0, 0.1) is 0 Å². The lowest BCUT2D eigenvalue weighted by Gasteiger charge is -1.97. The Kier molecular flexibility index (Phi) is 2.46. The Balaban J connectivity index is 2.99. The summed E-state index contributed by atoms with van der Waals surface area (Å²) in [6.07, 6.45) is 0. The molecule has 0 aromatic heterocycles. The first-order valence-electron chi connectivity index (χ1n) is 2.40. The maximum atomic E-state index is 5.44. The third-order valence-corrected chi connectivity index (χ3v) is 1.05. The Labute approximate surface area is 42.2 Å². The average molecular weight is 77.5 g/mol. The number of rotatable bonds is 1. The molecule has 0 amide bonds. The highest BCUT2D eigenvalue weighted by Crippen LogP contribution is 1.80. The van der Waals surface area contributed by atoms with Gasteiger partial charge in [0.2, 0.25) is 0 Å². The van der Waals surface area contributed by atoms with Crippen LogP contribution in [0.3, 0.4) is 0 Å². The van der Waals surface area contributed by atoms with Crippen molar-refractivity contribution >= 4 is 20.8 Å². The molecule has 0 aromatic rings. The Bertz CT molecular complexity index is 27.0. The zero-order valence-electron chi connectivity index (χ0n) is 4.73. The van der Waals surface area contributed by atoms with E-state index >= 15 is 0 Å². The maximum absolute atomic E-state index is 5.44. The molecule has 0 nitrogen and oxygen atoms in total. The number of hydrogen-bond acceptors (Lipinski definition) is 0. The van der Waals surface area contributed by atoms with Gasteiger partial charge in [0.15, 0.2) is 0 Å². The van der Waals surface area contributed by atoms with Gasteiger partial charge in [0, 0.05) is 7.74 Å². The predicted octanol–water partition coefficient (Wildman–Crippen LogP) is 0.609. The van der Waals surface area contributed by atoms with Gasteiger partial charge in [0.05, 0.1) is 13.1 Å². The summed E-state index contributed by atoms with van der Waals surface area (Å²) in [5.41, 5.74) is 0. The second kappa shape index (κ2) is 2.38. The highest BCUT2D eigenvalue weighted by Gasteiger charge is 2.03. The normalized spacial score (nSPS) is 7.83. The summed E-state index contributed by atoms with van der Waals surface area (Å²) in [5, 5.41) is 0. The van der Waals surface area contributed by atoms with Crippen molar-refractivity contribution in [2.24, 2.45) is 0 Å². The van der Waals surface area contributed by atoms with Crippen LogP contribution in [0.5, 0.6) is 0 Å². The SMILES string of the molecule is [B]B(C)B(C)C. The van der Waals surface area contributed by atoms with E-state index in [2.05, 4.69) is 13.6 Å². The molecule has 0 aromatic carbocycles. The molecule has 3 heteroatoms. The second-order valence-electron chi connectivity index (χ2n) is 2.10. The first kappa shape index (κ1) is 6.19. The Morgan fingerprint density at radius 1 is 1.17 bits per heavy atom. The van der Waals surface area contributed by atoms with Crippen LogP contribution in [0.2, 0.25) is 20.5 Å². The lowest BCUT2D eigenvalue weighted by atomic mass is 9.02. The molecule has 0 bridgehead atoms. The van der Waals surface area contributed by atoms with Crippen molar-refractivity contribution in [3.63, 3.8) is 0 Å². The highest BCUT2D eigenvalue weighted by molar-refractivity contribution is 7.40. The van der Waals surface area contributed by atoms with Crippen LogP contribution in [0.1, 0.15) is 0 Å². The summed E-state index contributed by atoms with van der Waals surface area (Å²) in [6.45, 7) is 7.23. The Morgan fingerprint density at radius 3 is 1.33 bits per heavy atom. The zero-order chi connectivity index (χ0) is 5.15. The van der Waals surface area contributed by atoms with Crippen molar-refractivity contribution in [2.75, 3.05) is 0 Å². The van der Waals surface area contributed by atoms with Crippen LogP contribution < -0.4 is 0 Å². The molecule has 0 saturated carbocycles. The van der Waals surface area contributed by atoms with E-state index in [0.717, 1.165) is 0 Å².